The Morgan fingerprint density at radius 2 is 2.19 bits per heavy atom. The molecule has 108 valence electrons. The summed E-state index contributed by atoms with van der Waals surface area (Å²) in [6, 6.07) is 5.45. The average molecular weight is 322 g/mol. The first-order valence-corrected chi connectivity index (χ1v) is 7.53. The Bertz CT molecular complexity index is 810. The van der Waals surface area contributed by atoms with Crippen LogP contribution < -0.4 is 5.32 Å². The van der Waals surface area contributed by atoms with E-state index in [4.69, 9.17) is 11.6 Å². The molecule has 0 aliphatic carbocycles. The molecular formula is C13H12ClN5OS. The minimum Gasteiger partial charge on any atom is -0.295 e. The first-order valence-electron chi connectivity index (χ1n) is 6.34. The molecular weight excluding hydrogens is 310 g/mol. The van der Waals surface area contributed by atoms with Crippen molar-refractivity contribution in [2.24, 2.45) is 0 Å². The molecule has 0 atom stereocenters. The van der Waals surface area contributed by atoms with Crippen molar-refractivity contribution < 1.29 is 4.79 Å². The maximum atomic E-state index is 12.3. The number of fused-ring (bicyclic) bond motifs is 1. The maximum Gasteiger partial charge on any atom is 0.279 e. The lowest BCUT2D eigenvalue weighted by Crippen LogP contribution is -2.13. The van der Waals surface area contributed by atoms with E-state index in [9.17, 15) is 4.79 Å². The van der Waals surface area contributed by atoms with Crippen molar-refractivity contribution in [3.8, 4) is 0 Å². The molecule has 0 radical (unpaired) electrons. The fourth-order valence-electron chi connectivity index (χ4n) is 1.79. The molecule has 0 bridgehead atoms. The summed E-state index contributed by atoms with van der Waals surface area (Å²) < 4.78 is 1.57. The molecule has 0 saturated carbocycles. The summed E-state index contributed by atoms with van der Waals surface area (Å²) in [5, 5.41) is 16.5. The fourth-order valence-corrected chi connectivity index (χ4v) is 2.80. The molecule has 0 aliphatic rings. The van der Waals surface area contributed by atoms with Gasteiger partial charge in [-0.05, 0) is 12.1 Å². The number of carbonyl (C=O) groups excluding carboxylic acids is 1. The predicted octanol–water partition coefficient (Wildman–Crippen LogP) is 3.21. The van der Waals surface area contributed by atoms with Gasteiger partial charge >= 0.3 is 0 Å². The predicted molar refractivity (Wildman–Crippen MR) is 82.2 cm³/mol. The van der Waals surface area contributed by atoms with Crippen molar-refractivity contribution in [1.29, 1.82) is 0 Å². The Labute approximate surface area is 129 Å². The lowest BCUT2D eigenvalue weighted by atomic mass is 10.2. The number of nitrogens with one attached hydrogen (secondary N) is 1. The number of pyridine rings is 1. The van der Waals surface area contributed by atoms with Crippen LogP contribution in [0, 0.1) is 0 Å². The normalized spacial score (nSPS) is 11.2. The second-order valence-corrected chi connectivity index (χ2v) is 6.13. The SMILES string of the molecule is CC(C)c1nnc(NC(=O)c2nn3ccccc3c2Cl)s1. The van der Waals surface area contributed by atoms with Gasteiger partial charge in [0.25, 0.3) is 5.91 Å². The van der Waals surface area contributed by atoms with Crippen LogP contribution in [-0.2, 0) is 0 Å². The van der Waals surface area contributed by atoms with Gasteiger partial charge < -0.3 is 0 Å². The van der Waals surface area contributed by atoms with Gasteiger partial charge in [-0.3, -0.25) is 10.1 Å². The summed E-state index contributed by atoms with van der Waals surface area (Å²) >= 11 is 7.54. The Balaban J connectivity index is 1.88. The monoisotopic (exact) mass is 321 g/mol. The van der Waals surface area contributed by atoms with E-state index in [1.54, 1.807) is 16.8 Å². The van der Waals surface area contributed by atoms with Crippen LogP contribution in [0.1, 0.15) is 35.3 Å². The van der Waals surface area contributed by atoms with Gasteiger partial charge in [-0.15, -0.1) is 10.2 Å². The lowest BCUT2D eigenvalue weighted by molar-refractivity contribution is 0.102. The molecule has 3 aromatic heterocycles. The van der Waals surface area contributed by atoms with Gasteiger partial charge in [0.2, 0.25) is 5.13 Å². The zero-order chi connectivity index (χ0) is 15.0. The van der Waals surface area contributed by atoms with Gasteiger partial charge in [0.15, 0.2) is 5.69 Å². The highest BCUT2D eigenvalue weighted by molar-refractivity contribution is 7.15. The summed E-state index contributed by atoms with van der Waals surface area (Å²) in [5.74, 6) is -0.123. The van der Waals surface area contributed by atoms with Crippen molar-refractivity contribution in [2.75, 3.05) is 5.32 Å². The van der Waals surface area contributed by atoms with Crippen molar-refractivity contribution >= 4 is 39.5 Å². The molecule has 6 nitrogen and oxygen atoms in total. The highest BCUT2D eigenvalue weighted by Crippen LogP contribution is 2.25. The molecule has 1 amide bonds. The molecule has 0 spiro atoms. The first-order chi connectivity index (χ1) is 10.1. The molecule has 0 unspecified atom stereocenters. The van der Waals surface area contributed by atoms with E-state index in [0.717, 1.165) is 5.01 Å². The molecule has 1 N–H and O–H groups in total. The van der Waals surface area contributed by atoms with Crippen molar-refractivity contribution in [3.05, 3.63) is 40.1 Å². The molecule has 0 aromatic carbocycles. The Morgan fingerprint density at radius 1 is 1.38 bits per heavy atom. The van der Waals surface area contributed by atoms with E-state index in [2.05, 4.69) is 20.6 Å². The van der Waals surface area contributed by atoms with Crippen LogP contribution in [-0.4, -0.2) is 25.7 Å². The molecule has 21 heavy (non-hydrogen) atoms. The summed E-state index contributed by atoms with van der Waals surface area (Å²) in [4.78, 5) is 12.3. The maximum absolute atomic E-state index is 12.3. The van der Waals surface area contributed by atoms with E-state index in [0.29, 0.717) is 15.7 Å². The highest BCUT2D eigenvalue weighted by Gasteiger charge is 2.19. The fraction of sp³-hybridized carbons (Fsp3) is 0.231. The molecule has 0 fully saturated rings. The zero-order valence-electron chi connectivity index (χ0n) is 11.4. The smallest absolute Gasteiger partial charge is 0.279 e. The van der Waals surface area contributed by atoms with E-state index in [1.165, 1.54) is 11.3 Å². The Kier molecular flexibility index (Phi) is 3.60. The minimum atomic E-state index is -0.393. The minimum absolute atomic E-state index is 0.171. The quantitative estimate of drug-likeness (QED) is 0.804. The molecule has 3 heterocycles. The third-order valence-corrected chi connectivity index (χ3v) is 4.36. The highest BCUT2D eigenvalue weighted by atomic mass is 35.5. The Morgan fingerprint density at radius 3 is 2.86 bits per heavy atom. The number of rotatable bonds is 3. The lowest BCUT2D eigenvalue weighted by Gasteiger charge is -1.97. The number of hydrogen-bond donors (Lipinski definition) is 1. The summed E-state index contributed by atoms with van der Waals surface area (Å²) in [6.45, 7) is 4.04. The second-order valence-electron chi connectivity index (χ2n) is 4.75. The van der Waals surface area contributed by atoms with Gasteiger partial charge in [0, 0.05) is 12.1 Å². The first kappa shape index (κ1) is 14.0. The van der Waals surface area contributed by atoms with Crippen LogP contribution in [0.3, 0.4) is 0 Å². The van der Waals surface area contributed by atoms with Gasteiger partial charge in [0.1, 0.15) is 5.01 Å². The third kappa shape index (κ3) is 2.62. The molecule has 8 heteroatoms. The zero-order valence-corrected chi connectivity index (χ0v) is 12.9. The largest absolute Gasteiger partial charge is 0.295 e. The second kappa shape index (κ2) is 5.42. The number of anilines is 1. The molecule has 0 aliphatic heterocycles. The summed E-state index contributed by atoms with van der Waals surface area (Å²) in [7, 11) is 0. The van der Waals surface area contributed by atoms with Crippen LogP contribution in [0.15, 0.2) is 24.4 Å². The summed E-state index contributed by atoms with van der Waals surface area (Å²) in [6.07, 6.45) is 1.74. The number of hydrogen-bond acceptors (Lipinski definition) is 5. The van der Waals surface area contributed by atoms with Crippen LogP contribution in [0.4, 0.5) is 5.13 Å². The molecule has 0 saturated heterocycles. The van der Waals surface area contributed by atoms with E-state index in [1.807, 2.05) is 26.0 Å². The number of aromatic nitrogens is 4. The van der Waals surface area contributed by atoms with Crippen LogP contribution in [0.2, 0.25) is 5.02 Å². The van der Waals surface area contributed by atoms with Gasteiger partial charge in [-0.2, -0.15) is 5.10 Å². The molecule has 3 rings (SSSR count). The van der Waals surface area contributed by atoms with Crippen molar-refractivity contribution in [2.45, 2.75) is 19.8 Å². The van der Waals surface area contributed by atoms with Crippen LogP contribution in [0.25, 0.3) is 5.52 Å². The average Bonchev–Trinajstić information content (AvgIpc) is 3.05. The standard InChI is InChI=1S/C13H12ClN5OS/c1-7(2)12-16-17-13(21-12)15-11(20)10-9(14)8-5-3-4-6-19(8)18-10/h3-7H,1-2H3,(H,15,17,20). The topological polar surface area (TPSA) is 72.2 Å². The van der Waals surface area contributed by atoms with Crippen molar-refractivity contribution in [3.63, 3.8) is 0 Å². The van der Waals surface area contributed by atoms with E-state index in [-0.39, 0.29) is 11.6 Å². The van der Waals surface area contributed by atoms with Crippen LogP contribution in [0.5, 0.6) is 0 Å². The van der Waals surface area contributed by atoms with Gasteiger partial charge in [0.05, 0.1) is 10.5 Å². The number of carbonyl (C=O) groups is 1. The van der Waals surface area contributed by atoms with Crippen LogP contribution >= 0.6 is 22.9 Å². The van der Waals surface area contributed by atoms with Gasteiger partial charge in [-0.1, -0.05) is 42.9 Å². The van der Waals surface area contributed by atoms with E-state index < -0.39 is 5.91 Å². The summed E-state index contributed by atoms with van der Waals surface area (Å²) in [5.41, 5.74) is 0.855. The molecule has 3 aromatic rings. The van der Waals surface area contributed by atoms with Crippen molar-refractivity contribution in [1.82, 2.24) is 19.8 Å². The number of nitrogens with zero attached hydrogens (tertiary/aromatic N) is 4. The number of amides is 1. The Hall–Kier alpha value is -1.99. The third-order valence-electron chi connectivity index (χ3n) is 2.85. The van der Waals surface area contributed by atoms with E-state index >= 15 is 0 Å². The van der Waals surface area contributed by atoms with Gasteiger partial charge in [-0.25, -0.2) is 4.52 Å². The number of halogens is 1.